The van der Waals surface area contributed by atoms with E-state index in [0.717, 1.165) is 25.6 Å². The van der Waals surface area contributed by atoms with E-state index >= 15 is 0 Å². The van der Waals surface area contributed by atoms with Gasteiger partial charge in [0.15, 0.2) is 0 Å². The molecule has 4 nitrogen and oxygen atoms in total. The Morgan fingerprint density at radius 2 is 1.95 bits per heavy atom. The highest BCUT2D eigenvalue weighted by Gasteiger charge is 2.47. The van der Waals surface area contributed by atoms with E-state index in [0.29, 0.717) is 0 Å². The molecule has 2 atom stereocenters. The summed E-state index contributed by atoms with van der Waals surface area (Å²) in [6.07, 6.45) is 6.42. The van der Waals surface area contributed by atoms with Gasteiger partial charge in [-0.05, 0) is 52.2 Å². The van der Waals surface area contributed by atoms with Crippen LogP contribution < -0.4 is 0 Å². The van der Waals surface area contributed by atoms with E-state index in [1.54, 1.807) is 0 Å². The second-order valence-corrected chi connectivity index (χ2v) is 6.52. The van der Waals surface area contributed by atoms with Crippen LogP contribution in [-0.4, -0.2) is 74.5 Å². The van der Waals surface area contributed by atoms with Crippen LogP contribution in [0.15, 0.2) is 0 Å². The molecule has 0 amide bonds. The lowest BCUT2D eigenvalue weighted by molar-refractivity contribution is -0.149. The Labute approximate surface area is 117 Å². The monoisotopic (exact) mass is 268 g/mol. The van der Waals surface area contributed by atoms with Crippen molar-refractivity contribution in [3.63, 3.8) is 0 Å². The number of nitrogens with zero attached hydrogens (tertiary/aromatic N) is 2. The largest absolute Gasteiger partial charge is 0.377 e. The highest BCUT2D eigenvalue weighted by atomic mass is 16.5. The molecule has 0 aliphatic carbocycles. The summed E-state index contributed by atoms with van der Waals surface area (Å²) in [4.78, 5) is 5.10. The molecule has 3 aliphatic heterocycles. The van der Waals surface area contributed by atoms with Gasteiger partial charge in [-0.15, -0.1) is 0 Å². The van der Waals surface area contributed by atoms with Crippen LogP contribution in [0, 0.1) is 0 Å². The summed E-state index contributed by atoms with van der Waals surface area (Å²) < 4.78 is 11.9. The summed E-state index contributed by atoms with van der Waals surface area (Å²) in [5.41, 5.74) is 0.0384. The van der Waals surface area contributed by atoms with Gasteiger partial charge in [-0.2, -0.15) is 0 Å². The fourth-order valence-electron chi connectivity index (χ4n) is 4.12. The van der Waals surface area contributed by atoms with E-state index < -0.39 is 0 Å². The van der Waals surface area contributed by atoms with Crippen LogP contribution in [0.3, 0.4) is 0 Å². The van der Waals surface area contributed by atoms with E-state index in [1.807, 2.05) is 7.11 Å². The molecule has 3 heterocycles. The third-order valence-electron chi connectivity index (χ3n) is 5.43. The molecule has 3 aliphatic rings. The minimum absolute atomic E-state index is 0.0384. The van der Waals surface area contributed by atoms with Gasteiger partial charge in [0, 0.05) is 32.8 Å². The summed E-state index contributed by atoms with van der Waals surface area (Å²) in [6.45, 7) is 5.65. The average Bonchev–Trinajstić information content (AvgIpc) is 2.90. The van der Waals surface area contributed by atoms with E-state index in [-0.39, 0.29) is 11.7 Å². The van der Waals surface area contributed by atoms with Crippen LogP contribution in [0.1, 0.15) is 32.1 Å². The molecule has 0 radical (unpaired) electrons. The minimum Gasteiger partial charge on any atom is -0.377 e. The van der Waals surface area contributed by atoms with Crippen molar-refractivity contribution in [2.24, 2.45) is 0 Å². The molecule has 3 rings (SSSR count). The quantitative estimate of drug-likeness (QED) is 0.755. The Morgan fingerprint density at radius 1 is 1.16 bits per heavy atom. The van der Waals surface area contributed by atoms with E-state index in [4.69, 9.17) is 9.47 Å². The lowest BCUT2D eigenvalue weighted by Crippen LogP contribution is -2.59. The number of hydrogen-bond acceptors (Lipinski definition) is 4. The molecule has 3 saturated heterocycles. The fourth-order valence-corrected chi connectivity index (χ4v) is 4.12. The maximum Gasteiger partial charge on any atom is 0.0987 e. The first kappa shape index (κ1) is 13.8. The van der Waals surface area contributed by atoms with Crippen LogP contribution in [0.4, 0.5) is 0 Å². The molecule has 0 saturated carbocycles. The Hall–Kier alpha value is -0.160. The van der Waals surface area contributed by atoms with Gasteiger partial charge in [-0.1, -0.05) is 0 Å². The van der Waals surface area contributed by atoms with Crippen LogP contribution in [0.25, 0.3) is 0 Å². The standard InChI is InChI=1S/C15H28N2O2/c1-16-8-4-13(5-9-16)17-10-7-15(6-3-11-19-15)14(12-17)18-2/h13-14H,3-12H2,1-2H3/t14-,15-/m0/s1. The van der Waals surface area contributed by atoms with Gasteiger partial charge in [-0.25, -0.2) is 0 Å². The Balaban J connectivity index is 1.61. The Bertz CT molecular complexity index is 297. The predicted octanol–water partition coefficient (Wildman–Crippen LogP) is 1.35. The normalized spacial score (nSPS) is 39.2. The smallest absolute Gasteiger partial charge is 0.0987 e. The van der Waals surface area contributed by atoms with E-state index in [9.17, 15) is 0 Å². The summed E-state index contributed by atoms with van der Waals surface area (Å²) in [5, 5.41) is 0. The van der Waals surface area contributed by atoms with Crippen LogP contribution in [0.2, 0.25) is 0 Å². The number of likely N-dealkylation sites (tertiary alicyclic amines) is 2. The molecular formula is C15H28N2O2. The molecule has 0 aromatic heterocycles. The van der Waals surface area contributed by atoms with Crippen molar-refractivity contribution in [2.75, 3.05) is 46.9 Å². The zero-order chi connectivity index (χ0) is 13.3. The van der Waals surface area contributed by atoms with Crippen LogP contribution in [-0.2, 0) is 9.47 Å². The second-order valence-electron chi connectivity index (χ2n) is 6.52. The molecule has 0 N–H and O–H groups in total. The molecule has 1 spiro atoms. The van der Waals surface area contributed by atoms with Crippen molar-refractivity contribution in [1.82, 2.24) is 9.80 Å². The first-order valence-corrected chi connectivity index (χ1v) is 7.83. The van der Waals surface area contributed by atoms with Crippen molar-refractivity contribution < 1.29 is 9.47 Å². The summed E-state index contributed by atoms with van der Waals surface area (Å²) in [6, 6.07) is 0.757. The molecule has 19 heavy (non-hydrogen) atoms. The number of ether oxygens (including phenoxy) is 2. The number of piperidine rings is 2. The van der Waals surface area contributed by atoms with Gasteiger partial charge in [0.2, 0.25) is 0 Å². The van der Waals surface area contributed by atoms with Crippen molar-refractivity contribution in [1.29, 1.82) is 0 Å². The zero-order valence-corrected chi connectivity index (χ0v) is 12.4. The topological polar surface area (TPSA) is 24.9 Å². The first-order chi connectivity index (χ1) is 9.23. The molecule has 4 heteroatoms. The van der Waals surface area contributed by atoms with Gasteiger partial charge in [-0.3, -0.25) is 4.90 Å². The molecule has 0 aromatic rings. The van der Waals surface area contributed by atoms with Gasteiger partial charge in [0.05, 0.1) is 11.7 Å². The molecular weight excluding hydrogens is 240 g/mol. The Morgan fingerprint density at radius 3 is 2.58 bits per heavy atom. The van der Waals surface area contributed by atoms with E-state index in [1.165, 1.54) is 45.3 Å². The summed E-state index contributed by atoms with van der Waals surface area (Å²) in [7, 11) is 4.08. The first-order valence-electron chi connectivity index (χ1n) is 7.83. The lowest BCUT2D eigenvalue weighted by atomic mass is 9.84. The zero-order valence-electron chi connectivity index (χ0n) is 12.4. The van der Waals surface area contributed by atoms with Crippen molar-refractivity contribution in [3.05, 3.63) is 0 Å². The van der Waals surface area contributed by atoms with Crippen molar-refractivity contribution >= 4 is 0 Å². The van der Waals surface area contributed by atoms with Gasteiger partial charge in [0.1, 0.15) is 0 Å². The molecule has 0 bridgehead atoms. The Kier molecular flexibility index (Phi) is 4.13. The highest BCUT2D eigenvalue weighted by molar-refractivity contribution is 5.00. The van der Waals surface area contributed by atoms with Gasteiger partial charge < -0.3 is 14.4 Å². The third-order valence-corrected chi connectivity index (χ3v) is 5.43. The summed E-state index contributed by atoms with van der Waals surface area (Å²) in [5.74, 6) is 0. The van der Waals surface area contributed by atoms with Gasteiger partial charge >= 0.3 is 0 Å². The fraction of sp³-hybridized carbons (Fsp3) is 1.00. The molecule has 0 aromatic carbocycles. The number of rotatable bonds is 2. The number of methoxy groups -OCH3 is 1. The molecule has 110 valence electrons. The van der Waals surface area contributed by atoms with Gasteiger partial charge in [0.25, 0.3) is 0 Å². The molecule has 0 unspecified atom stereocenters. The average molecular weight is 268 g/mol. The SMILES string of the molecule is CO[C@H]1CN(C2CCN(C)CC2)CC[C@@]12CCCO2. The van der Waals surface area contributed by atoms with Crippen LogP contribution >= 0.6 is 0 Å². The maximum absolute atomic E-state index is 6.08. The third kappa shape index (κ3) is 2.68. The van der Waals surface area contributed by atoms with Crippen molar-refractivity contribution in [3.8, 4) is 0 Å². The number of hydrogen-bond donors (Lipinski definition) is 0. The summed E-state index contributed by atoms with van der Waals surface area (Å²) >= 11 is 0. The van der Waals surface area contributed by atoms with Crippen molar-refractivity contribution in [2.45, 2.75) is 49.9 Å². The minimum atomic E-state index is 0.0384. The molecule has 3 fully saturated rings. The van der Waals surface area contributed by atoms with Crippen LogP contribution in [0.5, 0.6) is 0 Å². The van der Waals surface area contributed by atoms with E-state index in [2.05, 4.69) is 16.8 Å². The highest BCUT2D eigenvalue weighted by Crippen LogP contribution is 2.38. The maximum atomic E-state index is 6.08. The second kappa shape index (κ2) is 5.68. The lowest BCUT2D eigenvalue weighted by Gasteiger charge is -2.48. The predicted molar refractivity (Wildman–Crippen MR) is 75.4 cm³/mol.